The van der Waals surface area contributed by atoms with Gasteiger partial charge >= 0.3 is 0 Å². The molecule has 7 nitrogen and oxygen atoms in total. The predicted octanol–water partition coefficient (Wildman–Crippen LogP) is 3.72. The molecule has 1 saturated heterocycles. The maximum Gasteiger partial charge on any atom is 0.240 e. The van der Waals surface area contributed by atoms with Crippen LogP contribution in [0.1, 0.15) is 17.5 Å². The van der Waals surface area contributed by atoms with Crippen molar-refractivity contribution < 1.29 is 14.3 Å². The van der Waals surface area contributed by atoms with Gasteiger partial charge in [0.1, 0.15) is 11.0 Å². The molecular formula is C20H19BrN4O3S. The number of thioether (sulfide) groups is 1. The maximum atomic E-state index is 12.2. The van der Waals surface area contributed by atoms with E-state index in [-0.39, 0.29) is 18.2 Å². The van der Waals surface area contributed by atoms with Crippen molar-refractivity contribution in [1.29, 1.82) is 0 Å². The number of halogens is 1. The molecule has 29 heavy (non-hydrogen) atoms. The van der Waals surface area contributed by atoms with Crippen LogP contribution < -0.4 is 15.4 Å². The van der Waals surface area contributed by atoms with Crippen molar-refractivity contribution in [3.63, 3.8) is 0 Å². The number of benzene rings is 2. The van der Waals surface area contributed by atoms with Crippen molar-refractivity contribution in [3.8, 4) is 5.75 Å². The Morgan fingerprint density at radius 2 is 2.07 bits per heavy atom. The van der Waals surface area contributed by atoms with Crippen LogP contribution in [-0.2, 0) is 9.59 Å². The first kappa shape index (κ1) is 21.1. The molecule has 1 heterocycles. The third-order valence-electron chi connectivity index (χ3n) is 4.01. The number of rotatable bonds is 6. The molecule has 3 rings (SSSR count). The fourth-order valence-electron chi connectivity index (χ4n) is 2.51. The van der Waals surface area contributed by atoms with Gasteiger partial charge in [-0.2, -0.15) is 5.10 Å². The summed E-state index contributed by atoms with van der Waals surface area (Å²) < 4.78 is 5.99. The summed E-state index contributed by atoms with van der Waals surface area (Å²) >= 11 is 4.60. The summed E-state index contributed by atoms with van der Waals surface area (Å²) in [7, 11) is 1.59. The Morgan fingerprint density at radius 1 is 1.31 bits per heavy atom. The van der Waals surface area contributed by atoms with Gasteiger partial charge in [-0.3, -0.25) is 9.59 Å². The fourth-order valence-corrected chi connectivity index (χ4v) is 4.00. The second kappa shape index (κ2) is 9.71. The molecule has 150 valence electrons. The van der Waals surface area contributed by atoms with Gasteiger partial charge in [-0.25, -0.2) is 0 Å². The normalized spacial score (nSPS) is 17.6. The third-order valence-corrected chi connectivity index (χ3v) is 5.71. The molecule has 9 heteroatoms. The van der Waals surface area contributed by atoms with Gasteiger partial charge < -0.3 is 15.4 Å². The predicted molar refractivity (Wildman–Crippen MR) is 120 cm³/mol. The molecule has 2 aromatic rings. The van der Waals surface area contributed by atoms with Gasteiger partial charge in [0.05, 0.1) is 17.8 Å². The highest BCUT2D eigenvalue weighted by atomic mass is 79.9. The molecule has 0 aliphatic carbocycles. The van der Waals surface area contributed by atoms with Crippen LogP contribution in [0.4, 0.5) is 5.69 Å². The molecule has 0 bridgehead atoms. The Balaban J connectivity index is 1.55. The number of anilines is 1. The minimum atomic E-state index is -0.537. The van der Waals surface area contributed by atoms with E-state index in [1.165, 1.54) is 11.8 Å². The monoisotopic (exact) mass is 474 g/mol. The summed E-state index contributed by atoms with van der Waals surface area (Å²) in [5, 5.41) is 13.3. The zero-order valence-corrected chi connectivity index (χ0v) is 18.2. The number of amidine groups is 1. The van der Waals surface area contributed by atoms with E-state index >= 15 is 0 Å². The van der Waals surface area contributed by atoms with Crippen molar-refractivity contribution in [2.24, 2.45) is 10.2 Å². The quantitative estimate of drug-likeness (QED) is 0.492. The lowest BCUT2D eigenvalue weighted by Crippen LogP contribution is -2.28. The van der Waals surface area contributed by atoms with Crippen molar-refractivity contribution in [2.45, 2.75) is 18.6 Å². The van der Waals surface area contributed by atoms with E-state index in [4.69, 9.17) is 4.74 Å². The van der Waals surface area contributed by atoms with Gasteiger partial charge in [-0.15, -0.1) is 5.10 Å². The Labute approximate surface area is 181 Å². The SMILES string of the molecule is COc1ccc(C=N/N=C2\NC(=O)C(CC(=O)Nc3ccc(C)cc3)S2)cc1Br. The minimum absolute atomic E-state index is 0.0541. The molecule has 1 aliphatic heterocycles. The first-order chi connectivity index (χ1) is 13.9. The lowest BCUT2D eigenvalue weighted by molar-refractivity contribution is -0.122. The second-order valence-electron chi connectivity index (χ2n) is 6.26. The molecule has 1 atom stereocenters. The first-order valence-electron chi connectivity index (χ1n) is 8.73. The highest BCUT2D eigenvalue weighted by Gasteiger charge is 2.32. The van der Waals surface area contributed by atoms with E-state index in [1.807, 2.05) is 49.4 Å². The molecule has 0 aromatic heterocycles. The molecule has 2 N–H and O–H groups in total. The number of carbonyl (C=O) groups excluding carboxylic acids is 2. The number of methoxy groups -OCH3 is 1. The highest BCUT2D eigenvalue weighted by Crippen LogP contribution is 2.25. The molecule has 1 fully saturated rings. The molecule has 1 aliphatic rings. The first-order valence-corrected chi connectivity index (χ1v) is 10.4. The number of amides is 2. The number of hydrogen-bond acceptors (Lipinski definition) is 6. The van der Waals surface area contributed by atoms with E-state index in [2.05, 4.69) is 36.8 Å². The number of aryl methyl sites for hydroxylation is 1. The zero-order valence-electron chi connectivity index (χ0n) is 15.8. The standard InChI is InChI=1S/C20H19BrN4O3S/c1-12-3-6-14(7-4-12)23-18(26)10-17-19(27)24-20(29-17)25-22-11-13-5-8-16(28-2)15(21)9-13/h3-9,11,17H,10H2,1-2H3,(H,23,26)(H,24,25,27). The van der Waals surface area contributed by atoms with Crippen LogP contribution in [0.2, 0.25) is 0 Å². The smallest absolute Gasteiger partial charge is 0.240 e. The van der Waals surface area contributed by atoms with Crippen LogP contribution in [0.25, 0.3) is 0 Å². The fraction of sp³-hybridized carbons (Fsp3) is 0.200. The molecular weight excluding hydrogens is 456 g/mol. The Kier molecular flexibility index (Phi) is 7.05. The van der Waals surface area contributed by atoms with Gasteiger partial charge in [0, 0.05) is 12.1 Å². The number of nitrogens with zero attached hydrogens (tertiary/aromatic N) is 2. The summed E-state index contributed by atoms with van der Waals surface area (Å²) in [5.41, 5.74) is 2.63. The van der Waals surface area contributed by atoms with Crippen LogP contribution in [0.15, 0.2) is 57.1 Å². The van der Waals surface area contributed by atoms with Crippen LogP contribution in [0, 0.1) is 6.92 Å². The van der Waals surface area contributed by atoms with Crippen LogP contribution in [0.3, 0.4) is 0 Å². The van der Waals surface area contributed by atoms with Crippen molar-refractivity contribution in [2.75, 3.05) is 12.4 Å². The van der Waals surface area contributed by atoms with Crippen molar-refractivity contribution >= 4 is 56.6 Å². The van der Waals surface area contributed by atoms with Gasteiger partial charge in [-0.1, -0.05) is 29.5 Å². The Bertz CT molecular complexity index is 976. The molecule has 1 unspecified atom stereocenters. The molecule has 0 spiro atoms. The van der Waals surface area contributed by atoms with Crippen LogP contribution in [-0.4, -0.2) is 35.6 Å². The van der Waals surface area contributed by atoms with Crippen LogP contribution in [0.5, 0.6) is 5.75 Å². The summed E-state index contributed by atoms with van der Waals surface area (Å²) in [5.74, 6) is 0.239. The molecule has 2 amide bonds. The maximum absolute atomic E-state index is 12.2. The van der Waals surface area contributed by atoms with Crippen molar-refractivity contribution in [3.05, 3.63) is 58.1 Å². The van der Waals surface area contributed by atoms with E-state index in [0.29, 0.717) is 10.9 Å². The van der Waals surface area contributed by atoms with Gasteiger partial charge in [0.15, 0.2) is 5.17 Å². The van der Waals surface area contributed by atoms with E-state index in [1.54, 1.807) is 13.3 Å². The van der Waals surface area contributed by atoms with E-state index in [0.717, 1.165) is 21.3 Å². The lowest BCUT2D eigenvalue weighted by atomic mass is 10.2. The van der Waals surface area contributed by atoms with E-state index in [9.17, 15) is 9.59 Å². The molecule has 0 radical (unpaired) electrons. The third kappa shape index (κ3) is 5.91. The Hall–Kier alpha value is -2.65. The summed E-state index contributed by atoms with van der Waals surface area (Å²) in [6.45, 7) is 1.97. The number of carbonyl (C=O) groups is 2. The highest BCUT2D eigenvalue weighted by molar-refractivity contribution is 9.10. The van der Waals surface area contributed by atoms with Crippen molar-refractivity contribution in [1.82, 2.24) is 5.32 Å². The summed E-state index contributed by atoms with van der Waals surface area (Å²) in [4.78, 5) is 24.3. The van der Waals surface area contributed by atoms with Gasteiger partial charge in [0.2, 0.25) is 11.8 Å². The zero-order chi connectivity index (χ0) is 20.8. The largest absolute Gasteiger partial charge is 0.496 e. The van der Waals surface area contributed by atoms with Crippen LogP contribution >= 0.6 is 27.7 Å². The minimum Gasteiger partial charge on any atom is -0.496 e. The Morgan fingerprint density at radius 3 is 2.76 bits per heavy atom. The number of hydrogen-bond donors (Lipinski definition) is 2. The summed E-state index contributed by atoms with van der Waals surface area (Å²) in [6, 6.07) is 13.0. The average molecular weight is 475 g/mol. The number of ether oxygens (including phenoxy) is 1. The topological polar surface area (TPSA) is 92.2 Å². The summed E-state index contributed by atoms with van der Waals surface area (Å²) in [6.07, 6.45) is 1.62. The number of nitrogens with one attached hydrogen (secondary N) is 2. The lowest BCUT2D eigenvalue weighted by Gasteiger charge is -2.07. The van der Waals surface area contributed by atoms with E-state index < -0.39 is 5.25 Å². The molecule has 0 saturated carbocycles. The van der Waals surface area contributed by atoms with Gasteiger partial charge in [-0.05, 0) is 58.7 Å². The molecule has 2 aromatic carbocycles. The average Bonchev–Trinajstić information content (AvgIpc) is 3.03. The van der Waals surface area contributed by atoms with Gasteiger partial charge in [0.25, 0.3) is 0 Å². The second-order valence-corrected chi connectivity index (χ2v) is 8.30.